The van der Waals surface area contributed by atoms with Gasteiger partial charge in [-0.2, -0.15) is 0 Å². The van der Waals surface area contributed by atoms with Gasteiger partial charge in [-0.3, -0.25) is 4.98 Å². The lowest BCUT2D eigenvalue weighted by Gasteiger charge is -1.98. The van der Waals surface area contributed by atoms with Gasteiger partial charge in [0, 0.05) is 18.6 Å². The second-order valence-electron chi connectivity index (χ2n) is 3.53. The van der Waals surface area contributed by atoms with Crippen molar-refractivity contribution in [1.29, 1.82) is 0 Å². The van der Waals surface area contributed by atoms with Gasteiger partial charge in [0.2, 0.25) is 5.95 Å². The van der Waals surface area contributed by atoms with Gasteiger partial charge >= 0.3 is 1.43 Å². The normalized spacial score (nSPS) is 10.6. The van der Waals surface area contributed by atoms with E-state index in [1.807, 2.05) is 35.9 Å². The van der Waals surface area contributed by atoms with Crippen LogP contribution in [0.4, 0.5) is 5.95 Å². The van der Waals surface area contributed by atoms with Crippen molar-refractivity contribution in [2.75, 3.05) is 5.73 Å². The fourth-order valence-corrected chi connectivity index (χ4v) is 1.83. The first-order valence-electron chi connectivity index (χ1n) is 4.73. The summed E-state index contributed by atoms with van der Waals surface area (Å²) in [4.78, 5) is 8.62. The van der Waals surface area contributed by atoms with Gasteiger partial charge in [0.05, 0.1) is 11.0 Å². The number of hydrogen-bond acceptors (Lipinski definition) is 3. The molecule has 0 atom stereocenters. The van der Waals surface area contributed by atoms with Gasteiger partial charge in [-0.1, -0.05) is 0 Å². The van der Waals surface area contributed by atoms with E-state index >= 15 is 0 Å². The molecule has 82 valence electrons. The van der Waals surface area contributed by atoms with Crippen molar-refractivity contribution in [3.05, 3.63) is 30.5 Å². The molecule has 2 heterocycles. The topological polar surface area (TPSA) is 56.7 Å². The summed E-state index contributed by atoms with van der Waals surface area (Å²) in [7, 11) is 1.91. The van der Waals surface area contributed by atoms with E-state index in [0.29, 0.717) is 5.95 Å². The molecule has 0 fully saturated rings. The number of aryl methyl sites for hydroxylation is 1. The van der Waals surface area contributed by atoms with E-state index < -0.39 is 0 Å². The Bertz CT molecular complexity index is 665. The maximum Gasteiger partial charge on any atom is 1.00 e. The third-order valence-corrected chi connectivity index (χ3v) is 2.67. The first-order chi connectivity index (χ1) is 7.27. The van der Waals surface area contributed by atoms with Gasteiger partial charge in [0.15, 0.2) is 0 Å². The number of benzene rings is 1. The summed E-state index contributed by atoms with van der Waals surface area (Å²) in [5, 5.41) is 1.04. The quantitative estimate of drug-likeness (QED) is 0.563. The van der Waals surface area contributed by atoms with Crippen molar-refractivity contribution < 1.29 is 18.4 Å². The summed E-state index contributed by atoms with van der Waals surface area (Å²) in [5.41, 5.74) is 8.67. The zero-order valence-electron chi connectivity index (χ0n) is 9.68. The van der Waals surface area contributed by atoms with Crippen molar-refractivity contribution in [3.8, 4) is 0 Å². The number of nitrogens with zero attached hydrogens (tertiary/aromatic N) is 3. The molecule has 0 amide bonds. The maximum absolute atomic E-state index is 5.78. The zero-order chi connectivity index (χ0) is 10.4. The van der Waals surface area contributed by atoms with Crippen LogP contribution in [0.25, 0.3) is 21.9 Å². The molecular weight excluding hydrogens is 268 g/mol. The van der Waals surface area contributed by atoms with Crippen LogP contribution in [0.1, 0.15) is 1.43 Å². The summed E-state index contributed by atoms with van der Waals surface area (Å²) in [6, 6.07) is 7.90. The van der Waals surface area contributed by atoms with E-state index in [1.165, 1.54) is 0 Å². The number of nitrogens with two attached hydrogens (primary N) is 1. The maximum atomic E-state index is 5.78. The number of anilines is 1. The Morgan fingerprint density at radius 1 is 1.31 bits per heavy atom. The molecule has 3 rings (SSSR count). The second kappa shape index (κ2) is 3.75. The van der Waals surface area contributed by atoms with Crippen LogP contribution in [0.5, 0.6) is 0 Å². The fourth-order valence-electron chi connectivity index (χ4n) is 1.83. The van der Waals surface area contributed by atoms with Crippen LogP contribution in [0, 0.1) is 0 Å². The predicted octanol–water partition coefficient (Wildman–Crippen LogP) is -1.18. The molecule has 16 heavy (non-hydrogen) atoms. The second-order valence-corrected chi connectivity index (χ2v) is 3.53. The van der Waals surface area contributed by atoms with Crippen LogP contribution in [-0.4, -0.2) is 14.5 Å². The number of pyridine rings is 1. The van der Waals surface area contributed by atoms with Crippen molar-refractivity contribution in [3.63, 3.8) is 0 Å². The SMILES string of the molecule is Cn1c(N)nc2c3cccnc3ccc21.[Br-].[H+]. The third kappa shape index (κ3) is 1.36. The number of rotatable bonds is 0. The van der Waals surface area contributed by atoms with Crippen LogP contribution in [0.15, 0.2) is 30.5 Å². The Morgan fingerprint density at radius 3 is 2.94 bits per heavy atom. The minimum Gasteiger partial charge on any atom is -1.00 e. The lowest BCUT2D eigenvalue weighted by atomic mass is 10.2. The number of aromatic nitrogens is 3. The largest absolute Gasteiger partial charge is 1.00 e. The minimum atomic E-state index is 0. The molecule has 0 saturated heterocycles. The average Bonchev–Trinajstić information content (AvgIpc) is 2.56. The van der Waals surface area contributed by atoms with Gasteiger partial charge < -0.3 is 27.3 Å². The summed E-state index contributed by atoms with van der Waals surface area (Å²) in [6.45, 7) is 0. The summed E-state index contributed by atoms with van der Waals surface area (Å²) in [6.07, 6.45) is 1.78. The van der Waals surface area contributed by atoms with E-state index in [0.717, 1.165) is 21.9 Å². The minimum absolute atomic E-state index is 0. The lowest BCUT2D eigenvalue weighted by Crippen LogP contribution is -3.00. The van der Waals surface area contributed by atoms with Crippen LogP contribution in [-0.2, 0) is 7.05 Å². The molecule has 0 spiro atoms. The summed E-state index contributed by atoms with van der Waals surface area (Å²) >= 11 is 0. The molecule has 3 aromatic rings. The first-order valence-corrected chi connectivity index (χ1v) is 4.73. The lowest BCUT2D eigenvalue weighted by molar-refractivity contribution is -0.00000318. The highest BCUT2D eigenvalue weighted by atomic mass is 79.9. The third-order valence-electron chi connectivity index (χ3n) is 2.67. The Hall–Kier alpha value is -1.62. The molecule has 1 aromatic carbocycles. The number of hydrogen-bond donors (Lipinski definition) is 1. The first kappa shape index (κ1) is 10.9. The van der Waals surface area contributed by atoms with E-state index in [2.05, 4.69) is 9.97 Å². The van der Waals surface area contributed by atoms with E-state index in [4.69, 9.17) is 5.73 Å². The molecule has 0 aliphatic carbocycles. The zero-order valence-corrected chi connectivity index (χ0v) is 10.3. The predicted molar refractivity (Wildman–Crippen MR) is 61.5 cm³/mol. The Kier molecular flexibility index (Phi) is 2.55. The number of nitrogen functional groups attached to an aromatic ring is 1. The molecule has 2 N–H and O–H groups in total. The van der Waals surface area contributed by atoms with Gasteiger partial charge in [-0.05, 0) is 24.3 Å². The van der Waals surface area contributed by atoms with Crippen molar-refractivity contribution in [2.24, 2.45) is 7.05 Å². The van der Waals surface area contributed by atoms with Crippen LogP contribution in [0.3, 0.4) is 0 Å². The molecule has 0 aliphatic rings. The molecule has 0 radical (unpaired) electrons. The Labute approximate surface area is 104 Å². The van der Waals surface area contributed by atoms with E-state index in [9.17, 15) is 0 Å². The van der Waals surface area contributed by atoms with Crippen molar-refractivity contribution in [1.82, 2.24) is 14.5 Å². The van der Waals surface area contributed by atoms with Gasteiger partial charge in [0.25, 0.3) is 0 Å². The molecule has 0 bridgehead atoms. The van der Waals surface area contributed by atoms with Gasteiger partial charge in [0.1, 0.15) is 5.52 Å². The van der Waals surface area contributed by atoms with Crippen molar-refractivity contribution >= 4 is 27.9 Å². The van der Waals surface area contributed by atoms with Gasteiger partial charge in [-0.15, -0.1) is 0 Å². The molecular formula is C11H11BrN4. The number of fused-ring (bicyclic) bond motifs is 3. The van der Waals surface area contributed by atoms with Crippen LogP contribution < -0.4 is 22.7 Å². The fraction of sp³-hybridized carbons (Fsp3) is 0.0909. The molecule has 0 unspecified atom stereocenters. The van der Waals surface area contributed by atoms with E-state index in [1.54, 1.807) is 6.20 Å². The van der Waals surface area contributed by atoms with E-state index in [-0.39, 0.29) is 18.4 Å². The van der Waals surface area contributed by atoms with Gasteiger partial charge in [-0.25, -0.2) is 4.98 Å². The smallest absolute Gasteiger partial charge is 1.00 e. The highest BCUT2D eigenvalue weighted by Crippen LogP contribution is 2.24. The number of imidazole rings is 1. The molecule has 4 nitrogen and oxygen atoms in total. The highest BCUT2D eigenvalue weighted by molar-refractivity contribution is 6.03. The number of halogens is 1. The highest BCUT2D eigenvalue weighted by Gasteiger charge is 2.07. The molecule has 0 saturated carbocycles. The van der Waals surface area contributed by atoms with Crippen molar-refractivity contribution in [2.45, 2.75) is 0 Å². The molecule has 2 aromatic heterocycles. The monoisotopic (exact) mass is 278 g/mol. The van der Waals surface area contributed by atoms with Crippen LogP contribution in [0.2, 0.25) is 0 Å². The summed E-state index contributed by atoms with van der Waals surface area (Å²) < 4.78 is 1.88. The molecule has 5 heteroatoms. The summed E-state index contributed by atoms with van der Waals surface area (Å²) in [5.74, 6) is 0.529. The Morgan fingerprint density at radius 2 is 2.12 bits per heavy atom. The molecule has 0 aliphatic heterocycles. The Balaban J connectivity index is 0.000000722. The standard InChI is InChI=1S/C11H10N4.BrH/c1-15-9-5-4-8-7(3-2-6-13-8)10(9)14-11(15)12;/h2-6H,1H3,(H2,12,14);1H. The van der Waals surface area contributed by atoms with Crippen LogP contribution >= 0.6 is 0 Å². The average molecular weight is 279 g/mol.